The maximum Gasteiger partial charge on any atom is 0.311 e. The van der Waals surface area contributed by atoms with Crippen LogP contribution in [0.15, 0.2) is 65.2 Å². The number of hydrogen-bond donors (Lipinski definition) is 1. The fraction of sp³-hybridized carbons (Fsp3) is 0.0952. The zero-order chi connectivity index (χ0) is 21.1. The Labute approximate surface area is 170 Å². The lowest BCUT2D eigenvalue weighted by Crippen LogP contribution is -2.12. The lowest BCUT2D eigenvalue weighted by Gasteiger charge is -2.08. The first-order chi connectivity index (χ1) is 14.5. The molecule has 30 heavy (non-hydrogen) atoms. The van der Waals surface area contributed by atoms with E-state index in [1.807, 2.05) is 0 Å². The number of anilines is 1. The highest BCUT2D eigenvalue weighted by Gasteiger charge is 2.19. The molecule has 0 saturated heterocycles. The highest BCUT2D eigenvalue weighted by Crippen LogP contribution is 2.29. The molecule has 4 rings (SSSR count). The summed E-state index contributed by atoms with van der Waals surface area (Å²) < 4.78 is 10.9. The van der Waals surface area contributed by atoms with Gasteiger partial charge in [0.2, 0.25) is 5.89 Å². The Morgan fingerprint density at radius 3 is 2.70 bits per heavy atom. The Hall–Kier alpha value is -4.27. The average molecular weight is 404 g/mol. The molecule has 2 aromatic carbocycles. The number of rotatable bonds is 6. The Balaban J connectivity index is 1.52. The van der Waals surface area contributed by atoms with Gasteiger partial charge >= 0.3 is 5.69 Å². The van der Waals surface area contributed by atoms with Crippen LogP contribution < -0.4 is 10.1 Å². The molecule has 2 heterocycles. The zero-order valence-electron chi connectivity index (χ0n) is 15.9. The van der Waals surface area contributed by atoms with E-state index in [0.29, 0.717) is 22.8 Å². The van der Waals surface area contributed by atoms with Crippen molar-refractivity contribution in [1.29, 1.82) is 0 Å². The lowest BCUT2D eigenvalue weighted by molar-refractivity contribution is -0.385. The Bertz CT molecular complexity index is 1200. The van der Waals surface area contributed by atoms with Gasteiger partial charge in [-0.1, -0.05) is 0 Å². The summed E-state index contributed by atoms with van der Waals surface area (Å²) in [5, 5.41) is 14.0. The second-order valence-electron chi connectivity index (χ2n) is 6.25. The standard InChI is InChI=1S/C21H16N4O5/c1-2-29-17-10-7-14(12-16(17)25(27)28)20(26)23-15-8-5-13(6-9-15)21-24-19-18(30-21)4-3-11-22-19/h3-12H,2H2,1H3,(H,23,26). The van der Waals surface area contributed by atoms with Crippen molar-refractivity contribution in [3.05, 3.63) is 76.5 Å². The summed E-state index contributed by atoms with van der Waals surface area (Å²) in [6.07, 6.45) is 1.64. The molecule has 0 fully saturated rings. The topological polar surface area (TPSA) is 120 Å². The number of amides is 1. The molecule has 0 bridgehead atoms. The summed E-state index contributed by atoms with van der Waals surface area (Å²) in [6.45, 7) is 2.01. The van der Waals surface area contributed by atoms with Gasteiger partial charge in [-0.2, -0.15) is 4.98 Å². The SMILES string of the molecule is CCOc1ccc(C(=O)Nc2ccc(-c3nc4ncccc4o3)cc2)cc1[N+](=O)[O-]. The molecule has 1 N–H and O–H groups in total. The van der Waals surface area contributed by atoms with Crippen LogP contribution in [-0.2, 0) is 0 Å². The van der Waals surface area contributed by atoms with E-state index in [4.69, 9.17) is 9.15 Å². The van der Waals surface area contributed by atoms with Gasteiger partial charge in [0.15, 0.2) is 17.0 Å². The van der Waals surface area contributed by atoms with Crippen molar-refractivity contribution in [3.63, 3.8) is 0 Å². The van der Waals surface area contributed by atoms with Crippen molar-refractivity contribution >= 4 is 28.5 Å². The maximum atomic E-state index is 12.5. The highest BCUT2D eigenvalue weighted by atomic mass is 16.6. The number of pyridine rings is 1. The summed E-state index contributed by atoms with van der Waals surface area (Å²) >= 11 is 0. The van der Waals surface area contributed by atoms with E-state index in [1.54, 1.807) is 49.5 Å². The fourth-order valence-electron chi connectivity index (χ4n) is 2.87. The predicted octanol–water partition coefficient (Wildman–Crippen LogP) is 4.45. The van der Waals surface area contributed by atoms with Gasteiger partial charge in [0.25, 0.3) is 5.91 Å². The van der Waals surface area contributed by atoms with Crippen LogP contribution in [0.4, 0.5) is 11.4 Å². The van der Waals surface area contributed by atoms with E-state index in [9.17, 15) is 14.9 Å². The van der Waals surface area contributed by atoms with Crippen molar-refractivity contribution < 1.29 is 18.9 Å². The van der Waals surface area contributed by atoms with Crippen LogP contribution in [0.3, 0.4) is 0 Å². The van der Waals surface area contributed by atoms with E-state index < -0.39 is 10.8 Å². The minimum atomic E-state index is -0.578. The Kier molecular flexibility index (Phi) is 5.08. The number of hydrogen-bond acceptors (Lipinski definition) is 7. The molecule has 0 aliphatic rings. The number of aromatic nitrogens is 2. The smallest absolute Gasteiger partial charge is 0.311 e. The lowest BCUT2D eigenvalue weighted by atomic mass is 10.1. The van der Waals surface area contributed by atoms with Gasteiger partial charge in [-0.25, -0.2) is 4.98 Å². The number of benzene rings is 2. The second-order valence-corrected chi connectivity index (χ2v) is 6.25. The molecule has 0 aliphatic carbocycles. The van der Waals surface area contributed by atoms with Crippen LogP contribution in [0.1, 0.15) is 17.3 Å². The molecule has 0 saturated carbocycles. The predicted molar refractivity (Wildman–Crippen MR) is 109 cm³/mol. The molecule has 4 aromatic rings. The largest absolute Gasteiger partial charge is 0.487 e. The van der Waals surface area contributed by atoms with Gasteiger partial charge in [-0.05, 0) is 55.5 Å². The van der Waals surface area contributed by atoms with E-state index >= 15 is 0 Å². The third-order valence-corrected chi connectivity index (χ3v) is 4.27. The zero-order valence-corrected chi connectivity index (χ0v) is 15.9. The van der Waals surface area contributed by atoms with Crippen LogP contribution >= 0.6 is 0 Å². The summed E-state index contributed by atoms with van der Waals surface area (Å²) in [6, 6.07) is 14.5. The van der Waals surface area contributed by atoms with Crippen molar-refractivity contribution in [2.75, 3.05) is 11.9 Å². The fourth-order valence-corrected chi connectivity index (χ4v) is 2.87. The van der Waals surface area contributed by atoms with Crippen molar-refractivity contribution in [2.45, 2.75) is 6.92 Å². The van der Waals surface area contributed by atoms with Crippen molar-refractivity contribution in [3.8, 4) is 17.2 Å². The van der Waals surface area contributed by atoms with E-state index in [1.165, 1.54) is 18.2 Å². The van der Waals surface area contributed by atoms with E-state index in [-0.39, 0.29) is 23.6 Å². The number of oxazole rings is 1. The molecule has 9 heteroatoms. The van der Waals surface area contributed by atoms with Gasteiger partial charge in [0, 0.05) is 29.1 Å². The van der Waals surface area contributed by atoms with Gasteiger partial charge in [-0.15, -0.1) is 0 Å². The van der Waals surface area contributed by atoms with Crippen LogP contribution in [0.2, 0.25) is 0 Å². The number of ether oxygens (including phenoxy) is 1. The van der Waals surface area contributed by atoms with Crippen LogP contribution in [0.5, 0.6) is 5.75 Å². The van der Waals surface area contributed by atoms with Gasteiger partial charge in [0.05, 0.1) is 11.5 Å². The molecule has 0 atom stereocenters. The quantitative estimate of drug-likeness (QED) is 0.372. The molecule has 1 amide bonds. The number of nitrogens with zero attached hydrogens (tertiary/aromatic N) is 3. The minimum absolute atomic E-state index is 0.122. The van der Waals surface area contributed by atoms with Crippen LogP contribution in [0.25, 0.3) is 22.7 Å². The number of carbonyl (C=O) groups excluding carboxylic acids is 1. The summed E-state index contributed by atoms with van der Waals surface area (Å²) in [7, 11) is 0. The molecule has 9 nitrogen and oxygen atoms in total. The molecule has 0 unspecified atom stereocenters. The Morgan fingerprint density at radius 2 is 2.00 bits per heavy atom. The number of nitro benzene ring substituents is 1. The first kappa shape index (κ1) is 19.1. The minimum Gasteiger partial charge on any atom is -0.487 e. The summed E-state index contributed by atoms with van der Waals surface area (Å²) in [4.78, 5) is 31.6. The summed E-state index contributed by atoms with van der Waals surface area (Å²) in [5.74, 6) is 0.0694. The maximum absolute atomic E-state index is 12.5. The molecule has 0 spiro atoms. The molecule has 2 aromatic heterocycles. The molecule has 0 aliphatic heterocycles. The van der Waals surface area contributed by atoms with Crippen LogP contribution in [-0.4, -0.2) is 27.4 Å². The third-order valence-electron chi connectivity index (χ3n) is 4.27. The van der Waals surface area contributed by atoms with Crippen molar-refractivity contribution in [1.82, 2.24) is 9.97 Å². The molecule has 0 radical (unpaired) electrons. The van der Waals surface area contributed by atoms with Crippen LogP contribution in [0, 0.1) is 10.1 Å². The summed E-state index contributed by atoms with van der Waals surface area (Å²) in [5.41, 5.74) is 2.24. The van der Waals surface area contributed by atoms with Gasteiger partial charge < -0.3 is 14.5 Å². The van der Waals surface area contributed by atoms with Gasteiger partial charge in [-0.3, -0.25) is 14.9 Å². The van der Waals surface area contributed by atoms with Gasteiger partial charge in [0.1, 0.15) is 0 Å². The average Bonchev–Trinajstić information content (AvgIpc) is 3.19. The normalized spacial score (nSPS) is 10.7. The number of nitrogens with one attached hydrogen (secondary N) is 1. The highest BCUT2D eigenvalue weighted by molar-refractivity contribution is 6.04. The number of nitro groups is 1. The monoisotopic (exact) mass is 404 g/mol. The first-order valence-electron chi connectivity index (χ1n) is 9.09. The molecular weight excluding hydrogens is 388 g/mol. The molecular formula is C21H16N4O5. The van der Waals surface area contributed by atoms with E-state index in [0.717, 1.165) is 5.56 Å². The second kappa shape index (κ2) is 8.00. The molecule has 150 valence electrons. The third kappa shape index (κ3) is 3.81. The number of carbonyl (C=O) groups is 1. The number of fused-ring (bicyclic) bond motifs is 1. The van der Waals surface area contributed by atoms with Crippen molar-refractivity contribution in [2.24, 2.45) is 0 Å². The van der Waals surface area contributed by atoms with E-state index in [2.05, 4.69) is 15.3 Å². The first-order valence-corrected chi connectivity index (χ1v) is 9.09. The Morgan fingerprint density at radius 1 is 1.20 bits per heavy atom.